The molecule has 1 heterocycles. The minimum atomic E-state index is -1.95. The van der Waals surface area contributed by atoms with Crippen molar-refractivity contribution in [3.05, 3.63) is 0 Å². The molecule has 1 atom stereocenters. The number of likely N-dealkylation sites (tertiary alicyclic amines) is 1. The van der Waals surface area contributed by atoms with Crippen molar-refractivity contribution in [3.63, 3.8) is 0 Å². The third kappa shape index (κ3) is 4.33. The molecule has 4 nitrogen and oxygen atoms in total. The summed E-state index contributed by atoms with van der Waals surface area (Å²) in [5.74, 6) is -0.253. The van der Waals surface area contributed by atoms with Gasteiger partial charge in [-0.3, -0.25) is 9.59 Å². The fraction of sp³-hybridized carbons (Fsp3) is 0.857. The Bertz CT molecular complexity index is 351. The Labute approximate surface area is 124 Å². The largest absolute Gasteiger partial charge is 0.353 e. The van der Waals surface area contributed by atoms with E-state index in [1.165, 1.54) is 17.7 Å². The van der Waals surface area contributed by atoms with Crippen LogP contribution in [0.1, 0.15) is 44.9 Å². The first-order valence-corrected chi connectivity index (χ1v) is 7.86. The van der Waals surface area contributed by atoms with Crippen LogP contribution in [0.25, 0.3) is 0 Å². The van der Waals surface area contributed by atoms with Crippen LogP contribution in [0.3, 0.4) is 0 Å². The Morgan fingerprint density at radius 2 is 1.80 bits per heavy atom. The van der Waals surface area contributed by atoms with Crippen molar-refractivity contribution in [1.82, 2.24) is 10.2 Å². The van der Waals surface area contributed by atoms with Gasteiger partial charge in [0, 0.05) is 25.6 Å². The molecule has 0 aromatic carbocycles. The lowest BCUT2D eigenvalue weighted by molar-refractivity contribution is -0.135. The number of carbonyl (C=O) groups excluding carboxylic acids is 2. The maximum atomic E-state index is 12.7. The van der Waals surface area contributed by atoms with Crippen LogP contribution in [0.5, 0.6) is 0 Å². The van der Waals surface area contributed by atoms with Crippen LogP contribution in [0.15, 0.2) is 0 Å². The maximum absolute atomic E-state index is 12.7. The lowest BCUT2D eigenvalue weighted by atomic mass is 9.93. The second-order valence-electron chi connectivity index (χ2n) is 5.82. The zero-order chi connectivity index (χ0) is 14.5. The third-order valence-electron chi connectivity index (χ3n) is 4.31. The molecule has 20 heavy (non-hydrogen) atoms. The molecule has 0 aromatic rings. The van der Waals surface area contributed by atoms with Gasteiger partial charge in [-0.1, -0.05) is 24.4 Å². The predicted molar refractivity (Wildman–Crippen MR) is 75.1 cm³/mol. The van der Waals surface area contributed by atoms with Gasteiger partial charge >= 0.3 is 0 Å². The minimum Gasteiger partial charge on any atom is -0.353 e. The van der Waals surface area contributed by atoms with Gasteiger partial charge in [-0.2, -0.15) is 0 Å². The maximum Gasteiger partial charge on any atom is 0.272 e. The summed E-state index contributed by atoms with van der Waals surface area (Å²) in [6, 6.07) is 0.354. The average molecular weight is 305 g/mol. The molecule has 1 N–H and O–H groups in total. The SMILES string of the molecule is O=C(CC1CCN(C(=O)C(F)Cl)CC1)NC1CCCC1. The molecule has 0 bridgehead atoms. The molecule has 0 radical (unpaired) electrons. The Morgan fingerprint density at radius 1 is 1.20 bits per heavy atom. The Kier molecular flexibility index (Phi) is 5.64. The topological polar surface area (TPSA) is 49.4 Å². The number of amides is 2. The van der Waals surface area contributed by atoms with E-state index in [0.29, 0.717) is 25.6 Å². The number of carbonyl (C=O) groups is 2. The van der Waals surface area contributed by atoms with Gasteiger partial charge in [-0.15, -0.1) is 0 Å². The van der Waals surface area contributed by atoms with Crippen molar-refractivity contribution in [2.45, 2.75) is 56.6 Å². The number of nitrogens with zero attached hydrogens (tertiary/aromatic N) is 1. The summed E-state index contributed by atoms with van der Waals surface area (Å²) in [4.78, 5) is 24.8. The summed E-state index contributed by atoms with van der Waals surface area (Å²) >= 11 is 5.16. The van der Waals surface area contributed by atoms with Crippen LogP contribution < -0.4 is 5.32 Å². The molecule has 0 aromatic heterocycles. The van der Waals surface area contributed by atoms with Gasteiger partial charge in [0.05, 0.1) is 0 Å². The molecule has 1 aliphatic heterocycles. The van der Waals surface area contributed by atoms with E-state index in [1.807, 2.05) is 0 Å². The summed E-state index contributed by atoms with van der Waals surface area (Å²) in [5, 5.41) is 3.08. The van der Waals surface area contributed by atoms with Crippen LogP contribution in [-0.4, -0.2) is 41.5 Å². The lowest BCUT2D eigenvalue weighted by Gasteiger charge is -2.32. The van der Waals surface area contributed by atoms with Crippen LogP contribution in [0.2, 0.25) is 0 Å². The van der Waals surface area contributed by atoms with Gasteiger partial charge in [0.25, 0.3) is 11.5 Å². The highest BCUT2D eigenvalue weighted by molar-refractivity contribution is 6.29. The molecule has 2 rings (SSSR count). The number of hydrogen-bond acceptors (Lipinski definition) is 2. The second kappa shape index (κ2) is 7.25. The van der Waals surface area contributed by atoms with Gasteiger partial charge in [0.1, 0.15) is 0 Å². The van der Waals surface area contributed by atoms with Crippen molar-refractivity contribution in [1.29, 1.82) is 0 Å². The fourth-order valence-corrected chi connectivity index (χ4v) is 3.25. The standard InChI is InChI=1S/C14H22ClFN2O2/c15-13(16)14(20)18-7-5-10(6-8-18)9-12(19)17-11-3-1-2-4-11/h10-11,13H,1-9H2,(H,17,19). The molecule has 2 fully saturated rings. The normalized spacial score (nSPS) is 22.8. The van der Waals surface area contributed by atoms with Crippen molar-refractivity contribution in [2.75, 3.05) is 13.1 Å². The fourth-order valence-electron chi connectivity index (χ4n) is 3.11. The summed E-state index contributed by atoms with van der Waals surface area (Å²) in [7, 11) is 0. The van der Waals surface area contributed by atoms with Gasteiger partial charge in [-0.25, -0.2) is 4.39 Å². The van der Waals surface area contributed by atoms with Crippen LogP contribution in [0.4, 0.5) is 4.39 Å². The van der Waals surface area contributed by atoms with E-state index in [2.05, 4.69) is 5.32 Å². The van der Waals surface area contributed by atoms with Crippen molar-refractivity contribution in [3.8, 4) is 0 Å². The number of rotatable bonds is 4. The average Bonchev–Trinajstić information content (AvgIpc) is 2.91. The zero-order valence-corrected chi connectivity index (χ0v) is 12.4. The molecule has 1 aliphatic carbocycles. The Hall–Kier alpha value is -0.840. The van der Waals surface area contributed by atoms with Crippen LogP contribution in [-0.2, 0) is 9.59 Å². The molecule has 2 amide bonds. The predicted octanol–water partition coefficient (Wildman–Crippen LogP) is 2.21. The Balaban J connectivity index is 1.68. The third-order valence-corrected chi connectivity index (χ3v) is 4.49. The minimum absolute atomic E-state index is 0.113. The van der Waals surface area contributed by atoms with Gasteiger partial charge in [0.15, 0.2) is 0 Å². The van der Waals surface area contributed by atoms with E-state index in [0.717, 1.165) is 25.7 Å². The molecule has 1 saturated carbocycles. The molecular formula is C14H22ClFN2O2. The molecule has 6 heteroatoms. The van der Waals surface area contributed by atoms with E-state index < -0.39 is 11.5 Å². The number of nitrogens with one attached hydrogen (secondary N) is 1. The molecule has 1 unspecified atom stereocenters. The van der Waals surface area contributed by atoms with Gasteiger partial charge in [-0.05, 0) is 31.6 Å². The van der Waals surface area contributed by atoms with E-state index in [9.17, 15) is 14.0 Å². The molecule has 0 spiro atoms. The van der Waals surface area contributed by atoms with Crippen molar-refractivity contribution < 1.29 is 14.0 Å². The molecule has 114 valence electrons. The highest BCUT2D eigenvalue weighted by atomic mass is 35.5. The summed E-state index contributed by atoms with van der Waals surface area (Å²) in [6.45, 7) is 0.987. The molecular weight excluding hydrogens is 283 g/mol. The van der Waals surface area contributed by atoms with Crippen molar-refractivity contribution in [2.24, 2.45) is 5.92 Å². The first kappa shape index (κ1) is 15.5. The van der Waals surface area contributed by atoms with E-state index in [-0.39, 0.29) is 11.8 Å². The summed E-state index contributed by atoms with van der Waals surface area (Å²) in [6.07, 6.45) is 6.58. The van der Waals surface area contributed by atoms with E-state index >= 15 is 0 Å². The monoisotopic (exact) mass is 304 g/mol. The highest BCUT2D eigenvalue weighted by Gasteiger charge is 2.28. The summed E-state index contributed by atoms with van der Waals surface area (Å²) in [5.41, 5.74) is -1.95. The zero-order valence-electron chi connectivity index (χ0n) is 11.6. The quantitative estimate of drug-likeness (QED) is 0.810. The first-order valence-electron chi connectivity index (χ1n) is 7.42. The first-order chi connectivity index (χ1) is 9.56. The van der Waals surface area contributed by atoms with Gasteiger partial charge < -0.3 is 10.2 Å². The second-order valence-corrected chi connectivity index (χ2v) is 6.21. The van der Waals surface area contributed by atoms with Gasteiger partial charge in [0.2, 0.25) is 5.91 Å². The van der Waals surface area contributed by atoms with E-state index in [1.54, 1.807) is 0 Å². The number of alkyl halides is 2. The highest BCUT2D eigenvalue weighted by Crippen LogP contribution is 2.23. The lowest BCUT2D eigenvalue weighted by Crippen LogP contribution is -2.42. The molecule has 1 saturated heterocycles. The molecule has 2 aliphatic rings. The number of halogens is 2. The smallest absolute Gasteiger partial charge is 0.272 e. The summed E-state index contributed by atoms with van der Waals surface area (Å²) < 4.78 is 12.7. The van der Waals surface area contributed by atoms with E-state index in [4.69, 9.17) is 11.6 Å². The number of piperidine rings is 1. The van der Waals surface area contributed by atoms with Crippen molar-refractivity contribution >= 4 is 23.4 Å². The number of hydrogen-bond donors (Lipinski definition) is 1. The van der Waals surface area contributed by atoms with Crippen LogP contribution in [0, 0.1) is 5.92 Å². The Morgan fingerprint density at radius 3 is 2.35 bits per heavy atom. The van der Waals surface area contributed by atoms with Crippen LogP contribution >= 0.6 is 11.6 Å².